The molecule has 114 valence electrons. The Bertz CT molecular complexity index is 569. The molecule has 1 aromatic carbocycles. The smallest absolute Gasteiger partial charge is 0.417 e. The first kappa shape index (κ1) is 16.8. The molecule has 0 unspecified atom stereocenters. The molecule has 0 saturated heterocycles. The Hall–Kier alpha value is -2.23. The molecule has 0 atom stereocenters. The molecule has 21 heavy (non-hydrogen) atoms. The third-order valence-corrected chi connectivity index (χ3v) is 2.39. The van der Waals surface area contributed by atoms with E-state index in [0.717, 1.165) is 6.07 Å². The van der Waals surface area contributed by atoms with Crippen molar-refractivity contribution in [3.8, 4) is 6.07 Å². The monoisotopic (exact) mass is 300 g/mol. The maximum atomic E-state index is 12.8. The molecule has 0 aliphatic heterocycles. The lowest BCUT2D eigenvalue weighted by molar-refractivity contribution is -0.137. The molecular weight excluding hydrogens is 285 g/mol. The van der Waals surface area contributed by atoms with Crippen LogP contribution in [0.5, 0.6) is 0 Å². The SMILES string of the molecule is CC(C)(C)OC(=O)NCc1cccc(C(F)(F)F)c1C#N. The number of carbonyl (C=O) groups is 1. The number of hydrogen-bond donors (Lipinski definition) is 1. The van der Waals surface area contributed by atoms with E-state index in [-0.39, 0.29) is 12.1 Å². The van der Waals surface area contributed by atoms with Crippen molar-refractivity contribution in [1.29, 1.82) is 5.26 Å². The molecule has 7 heteroatoms. The highest BCUT2D eigenvalue weighted by atomic mass is 19.4. The van der Waals surface area contributed by atoms with Crippen LogP contribution in [-0.2, 0) is 17.5 Å². The Labute approximate surface area is 120 Å². The highest BCUT2D eigenvalue weighted by Gasteiger charge is 2.34. The maximum Gasteiger partial charge on any atom is 0.417 e. The lowest BCUT2D eigenvalue weighted by atomic mass is 10.0. The summed E-state index contributed by atoms with van der Waals surface area (Å²) >= 11 is 0. The molecule has 0 aliphatic carbocycles. The van der Waals surface area contributed by atoms with Gasteiger partial charge in [0.15, 0.2) is 0 Å². The molecule has 4 nitrogen and oxygen atoms in total. The number of benzene rings is 1. The second-order valence-electron chi connectivity index (χ2n) is 5.30. The standard InChI is InChI=1S/C14H15F3N2O2/c1-13(2,3)21-12(20)19-8-9-5-4-6-11(10(9)7-18)14(15,16)17/h4-6H,8H2,1-3H3,(H,19,20). The normalized spacial score (nSPS) is 11.7. The van der Waals surface area contributed by atoms with Crippen LogP contribution in [0.2, 0.25) is 0 Å². The molecule has 0 aromatic heterocycles. The highest BCUT2D eigenvalue weighted by Crippen LogP contribution is 2.32. The zero-order valence-corrected chi connectivity index (χ0v) is 11.8. The summed E-state index contributed by atoms with van der Waals surface area (Å²) in [7, 11) is 0. The van der Waals surface area contributed by atoms with E-state index in [2.05, 4.69) is 5.32 Å². The van der Waals surface area contributed by atoms with Crippen LogP contribution in [0.1, 0.15) is 37.5 Å². The predicted molar refractivity (Wildman–Crippen MR) is 69.2 cm³/mol. The number of alkyl halides is 3. The van der Waals surface area contributed by atoms with Gasteiger partial charge in [0.2, 0.25) is 0 Å². The molecule has 0 aliphatic rings. The molecule has 1 aromatic rings. The molecule has 1 N–H and O–H groups in total. The van der Waals surface area contributed by atoms with Gasteiger partial charge in [-0.2, -0.15) is 18.4 Å². The summed E-state index contributed by atoms with van der Waals surface area (Å²) in [5.41, 5.74) is -2.15. The minimum absolute atomic E-state index is 0.0817. The quantitative estimate of drug-likeness (QED) is 0.907. The van der Waals surface area contributed by atoms with Crippen LogP contribution in [0.3, 0.4) is 0 Å². The van der Waals surface area contributed by atoms with Crippen molar-refractivity contribution < 1.29 is 22.7 Å². The zero-order chi connectivity index (χ0) is 16.3. The molecular formula is C14H15F3N2O2. The third kappa shape index (κ3) is 4.99. The van der Waals surface area contributed by atoms with Crippen LogP contribution >= 0.6 is 0 Å². The fraction of sp³-hybridized carbons (Fsp3) is 0.429. The van der Waals surface area contributed by atoms with Crippen molar-refractivity contribution >= 4 is 6.09 Å². The van der Waals surface area contributed by atoms with Crippen LogP contribution < -0.4 is 5.32 Å². The van der Waals surface area contributed by atoms with Crippen molar-refractivity contribution in [2.75, 3.05) is 0 Å². The van der Waals surface area contributed by atoms with E-state index in [1.807, 2.05) is 0 Å². The molecule has 0 heterocycles. The maximum absolute atomic E-state index is 12.8. The molecule has 1 rings (SSSR count). The van der Waals surface area contributed by atoms with Crippen molar-refractivity contribution in [1.82, 2.24) is 5.32 Å². The van der Waals surface area contributed by atoms with Gasteiger partial charge in [-0.1, -0.05) is 12.1 Å². The summed E-state index contributed by atoms with van der Waals surface area (Å²) in [5.74, 6) is 0. The number of rotatable bonds is 2. The molecule has 1 amide bonds. The van der Waals surface area contributed by atoms with Gasteiger partial charge in [0.25, 0.3) is 0 Å². The van der Waals surface area contributed by atoms with E-state index >= 15 is 0 Å². The highest BCUT2D eigenvalue weighted by molar-refractivity contribution is 5.68. The lowest BCUT2D eigenvalue weighted by Crippen LogP contribution is -2.32. The average molecular weight is 300 g/mol. The Morgan fingerprint density at radius 2 is 1.95 bits per heavy atom. The van der Waals surface area contributed by atoms with Gasteiger partial charge in [-0.25, -0.2) is 4.79 Å². The average Bonchev–Trinajstić information content (AvgIpc) is 2.32. The van der Waals surface area contributed by atoms with Crippen LogP contribution in [0.25, 0.3) is 0 Å². The van der Waals surface area contributed by atoms with E-state index < -0.39 is 29.0 Å². The molecule has 0 saturated carbocycles. The van der Waals surface area contributed by atoms with Gasteiger partial charge in [-0.3, -0.25) is 0 Å². The minimum atomic E-state index is -4.62. The number of halogens is 3. The van der Waals surface area contributed by atoms with Gasteiger partial charge in [0, 0.05) is 6.54 Å². The Kier molecular flexibility index (Phi) is 4.84. The third-order valence-electron chi connectivity index (χ3n) is 2.39. The van der Waals surface area contributed by atoms with Crippen LogP contribution in [0.4, 0.5) is 18.0 Å². The number of nitriles is 1. The second kappa shape index (κ2) is 6.04. The zero-order valence-electron chi connectivity index (χ0n) is 11.8. The van der Waals surface area contributed by atoms with E-state index in [1.54, 1.807) is 20.8 Å². The topological polar surface area (TPSA) is 62.1 Å². The first-order valence-corrected chi connectivity index (χ1v) is 6.10. The Morgan fingerprint density at radius 3 is 2.43 bits per heavy atom. The largest absolute Gasteiger partial charge is 0.444 e. The number of nitrogens with zero attached hydrogens (tertiary/aromatic N) is 1. The molecule has 0 radical (unpaired) electrons. The molecule has 0 bridgehead atoms. The fourth-order valence-corrected chi connectivity index (χ4v) is 1.60. The van der Waals surface area contributed by atoms with Gasteiger partial charge in [-0.15, -0.1) is 0 Å². The summed E-state index contributed by atoms with van der Waals surface area (Å²) < 4.78 is 43.3. The summed E-state index contributed by atoms with van der Waals surface area (Å²) in [6.45, 7) is 4.77. The van der Waals surface area contributed by atoms with Gasteiger partial charge in [0.1, 0.15) is 11.7 Å². The van der Waals surface area contributed by atoms with Gasteiger partial charge < -0.3 is 10.1 Å². The molecule has 0 fully saturated rings. The minimum Gasteiger partial charge on any atom is -0.444 e. The van der Waals surface area contributed by atoms with Gasteiger partial charge in [0.05, 0.1) is 11.1 Å². The predicted octanol–water partition coefficient (Wildman–Crippen LogP) is 3.60. The number of amides is 1. The molecule has 0 spiro atoms. The summed E-state index contributed by atoms with van der Waals surface area (Å²) in [5, 5.41) is 11.2. The number of nitrogens with one attached hydrogen (secondary N) is 1. The van der Waals surface area contributed by atoms with Crippen LogP contribution in [-0.4, -0.2) is 11.7 Å². The fourth-order valence-electron chi connectivity index (χ4n) is 1.60. The summed E-state index contributed by atoms with van der Waals surface area (Å²) in [6.07, 6.45) is -5.38. The second-order valence-corrected chi connectivity index (χ2v) is 5.30. The number of hydrogen-bond acceptors (Lipinski definition) is 3. The number of ether oxygens (including phenoxy) is 1. The lowest BCUT2D eigenvalue weighted by Gasteiger charge is -2.20. The van der Waals surface area contributed by atoms with E-state index in [9.17, 15) is 18.0 Å². The Morgan fingerprint density at radius 1 is 1.33 bits per heavy atom. The number of carbonyl (C=O) groups excluding carboxylic acids is 1. The van der Waals surface area contributed by atoms with Crippen molar-refractivity contribution in [2.45, 2.75) is 39.1 Å². The van der Waals surface area contributed by atoms with Crippen molar-refractivity contribution in [3.05, 3.63) is 34.9 Å². The number of alkyl carbamates (subject to hydrolysis) is 1. The van der Waals surface area contributed by atoms with Crippen LogP contribution in [0.15, 0.2) is 18.2 Å². The van der Waals surface area contributed by atoms with Crippen molar-refractivity contribution in [2.24, 2.45) is 0 Å². The van der Waals surface area contributed by atoms with E-state index in [0.29, 0.717) is 0 Å². The first-order chi connectivity index (χ1) is 9.54. The van der Waals surface area contributed by atoms with Gasteiger partial charge in [-0.05, 0) is 32.4 Å². The first-order valence-electron chi connectivity index (χ1n) is 6.10. The van der Waals surface area contributed by atoms with Crippen molar-refractivity contribution in [3.63, 3.8) is 0 Å². The van der Waals surface area contributed by atoms with E-state index in [4.69, 9.17) is 10.00 Å². The Balaban J connectivity index is 2.91. The van der Waals surface area contributed by atoms with Gasteiger partial charge >= 0.3 is 12.3 Å². The summed E-state index contributed by atoms with van der Waals surface area (Å²) in [4.78, 5) is 11.5. The summed E-state index contributed by atoms with van der Waals surface area (Å²) in [6, 6.07) is 4.90. The van der Waals surface area contributed by atoms with Crippen LogP contribution in [0, 0.1) is 11.3 Å². The van der Waals surface area contributed by atoms with E-state index in [1.165, 1.54) is 18.2 Å².